The zero-order chi connectivity index (χ0) is 7.56. The quantitative estimate of drug-likeness (QED) is 0.733. The van der Waals surface area contributed by atoms with Gasteiger partial charge in [0, 0.05) is 32.7 Å². The Morgan fingerprint density at radius 3 is 2.55 bits per heavy atom. The third-order valence-corrected chi connectivity index (χ3v) is 1.20. The van der Waals surface area contributed by atoms with Gasteiger partial charge >= 0.3 is 0 Å². The van der Waals surface area contributed by atoms with Crippen LogP contribution in [0.5, 0.6) is 0 Å². The number of benzene rings is 1. The van der Waals surface area contributed by atoms with Crippen molar-refractivity contribution in [1.29, 1.82) is 0 Å². The molecule has 0 heterocycles. The second kappa shape index (κ2) is 4.63. The molecule has 55 valence electrons. The third-order valence-electron chi connectivity index (χ3n) is 1.20. The molecule has 0 aliphatic heterocycles. The third kappa shape index (κ3) is 3.13. The van der Waals surface area contributed by atoms with Crippen LogP contribution in [0.1, 0.15) is 15.9 Å². The molecule has 0 fully saturated rings. The summed E-state index contributed by atoms with van der Waals surface area (Å²) in [5.74, 6) is -0.931. The molecule has 1 aromatic rings. The summed E-state index contributed by atoms with van der Waals surface area (Å²) in [6.45, 7) is 1.89. The zero-order valence-corrected chi connectivity index (χ0v) is 9.00. The first-order valence-corrected chi connectivity index (χ1v) is 2.92. The van der Waals surface area contributed by atoms with Crippen molar-refractivity contribution in [3.8, 4) is 0 Å². The van der Waals surface area contributed by atoms with Crippen molar-refractivity contribution in [2.75, 3.05) is 0 Å². The van der Waals surface area contributed by atoms with Gasteiger partial charge in [0.15, 0.2) is 0 Å². The van der Waals surface area contributed by atoms with Gasteiger partial charge in [0.1, 0.15) is 0 Å². The van der Waals surface area contributed by atoms with Gasteiger partial charge in [-0.3, -0.25) is 0 Å². The van der Waals surface area contributed by atoms with Crippen LogP contribution in [0.15, 0.2) is 18.2 Å². The molecule has 0 spiro atoms. The summed E-state index contributed by atoms with van der Waals surface area (Å²) < 4.78 is 0. The van der Waals surface area contributed by atoms with E-state index in [0.29, 0.717) is 0 Å². The molecule has 0 bridgehead atoms. The summed E-state index contributed by atoms with van der Waals surface area (Å²) in [7, 11) is 0. The van der Waals surface area contributed by atoms with Gasteiger partial charge in [-0.15, -0.1) is 29.8 Å². The first kappa shape index (κ1) is 10.8. The average molecular weight is 224 g/mol. The fraction of sp³-hybridized carbons (Fsp3) is 0.125. The maximum atomic E-state index is 10.3. The van der Waals surface area contributed by atoms with Crippen LogP contribution in [-0.4, -0.2) is 11.1 Å². The van der Waals surface area contributed by atoms with Crippen LogP contribution in [0.4, 0.5) is 0 Å². The van der Waals surface area contributed by atoms with E-state index in [1.165, 1.54) is 6.07 Å². The average Bonchev–Trinajstić information content (AvgIpc) is 1.88. The number of aromatic carboxylic acids is 1. The zero-order valence-electron chi connectivity index (χ0n) is 6.16. The molecular weight excluding hydrogens is 217 g/mol. The van der Waals surface area contributed by atoms with Gasteiger partial charge in [-0.1, -0.05) is 12.5 Å². The summed E-state index contributed by atoms with van der Waals surface area (Å²) in [5.41, 5.74) is 1.23. The van der Waals surface area contributed by atoms with Crippen LogP contribution in [0, 0.1) is 13.0 Å². The molecule has 0 amide bonds. The Balaban J connectivity index is 0.000001000. The number of carbonyl (C=O) groups is 1. The van der Waals surface area contributed by atoms with Crippen molar-refractivity contribution < 1.29 is 42.6 Å². The molecule has 1 radical (unpaired) electrons. The van der Waals surface area contributed by atoms with E-state index < -0.39 is 5.97 Å². The van der Waals surface area contributed by atoms with Crippen LogP contribution in [-0.2, 0) is 32.7 Å². The molecule has 0 saturated heterocycles. The normalized spacial score (nSPS) is 8.45. The molecular formula is C8H7O2Y-. The molecule has 1 N–H and O–H groups in total. The molecule has 0 aromatic heterocycles. The van der Waals surface area contributed by atoms with E-state index in [0.717, 1.165) is 5.56 Å². The van der Waals surface area contributed by atoms with Crippen molar-refractivity contribution >= 4 is 5.97 Å². The monoisotopic (exact) mass is 224 g/mol. The fourth-order valence-electron chi connectivity index (χ4n) is 0.636. The number of rotatable bonds is 1. The topological polar surface area (TPSA) is 37.3 Å². The number of carboxylic acid groups (broad SMARTS) is 1. The standard InChI is InChI=1S/C8H7O2.Y/c1-6-2-4-7(5-3-6)8(9)10;/h2-4H,1H3,(H,9,10);/q-1;. The maximum Gasteiger partial charge on any atom is 0.247 e. The summed E-state index contributed by atoms with van der Waals surface area (Å²) in [5, 5.41) is 8.44. The Kier molecular flexibility index (Phi) is 4.54. The Morgan fingerprint density at radius 2 is 2.18 bits per heavy atom. The van der Waals surface area contributed by atoms with E-state index in [9.17, 15) is 4.79 Å². The second-order valence-electron chi connectivity index (χ2n) is 2.08. The minimum Gasteiger partial charge on any atom is -0.521 e. The molecule has 1 rings (SSSR count). The van der Waals surface area contributed by atoms with Crippen molar-refractivity contribution in [2.45, 2.75) is 6.92 Å². The molecule has 0 atom stereocenters. The summed E-state index contributed by atoms with van der Waals surface area (Å²) >= 11 is 0. The van der Waals surface area contributed by atoms with E-state index in [-0.39, 0.29) is 38.3 Å². The van der Waals surface area contributed by atoms with Crippen LogP contribution in [0.3, 0.4) is 0 Å². The SMILES string of the molecule is Cc1c[c-]c(C(=O)O)cc1.[Y]. The Bertz CT molecular complexity index is 241. The van der Waals surface area contributed by atoms with Gasteiger partial charge in [-0.2, -0.15) is 0 Å². The number of carboxylic acids is 1. The van der Waals surface area contributed by atoms with E-state index in [2.05, 4.69) is 6.07 Å². The van der Waals surface area contributed by atoms with Gasteiger partial charge in [0.25, 0.3) is 0 Å². The van der Waals surface area contributed by atoms with Gasteiger partial charge in [-0.05, 0) is 0 Å². The summed E-state index contributed by atoms with van der Waals surface area (Å²) in [6, 6.07) is 7.58. The maximum absolute atomic E-state index is 10.3. The van der Waals surface area contributed by atoms with E-state index in [1.807, 2.05) is 6.92 Å². The van der Waals surface area contributed by atoms with Crippen molar-refractivity contribution in [1.82, 2.24) is 0 Å². The van der Waals surface area contributed by atoms with E-state index in [4.69, 9.17) is 5.11 Å². The molecule has 0 saturated carbocycles. The molecule has 0 aliphatic carbocycles. The van der Waals surface area contributed by atoms with Crippen molar-refractivity contribution in [3.05, 3.63) is 35.4 Å². The Labute approximate surface area is 90.5 Å². The van der Waals surface area contributed by atoms with Crippen LogP contribution in [0.25, 0.3) is 0 Å². The first-order chi connectivity index (χ1) is 4.70. The summed E-state index contributed by atoms with van der Waals surface area (Å²) in [4.78, 5) is 10.3. The fourth-order valence-corrected chi connectivity index (χ4v) is 0.636. The minimum absolute atomic E-state index is 0. The smallest absolute Gasteiger partial charge is 0.247 e. The number of aryl methyl sites for hydroxylation is 1. The van der Waals surface area contributed by atoms with Gasteiger partial charge in [0.2, 0.25) is 5.97 Å². The second-order valence-corrected chi connectivity index (χ2v) is 2.08. The molecule has 0 aliphatic rings. The van der Waals surface area contributed by atoms with Gasteiger partial charge in [0.05, 0.1) is 0 Å². The number of hydrogen-bond acceptors (Lipinski definition) is 1. The Morgan fingerprint density at radius 1 is 1.55 bits per heavy atom. The predicted molar refractivity (Wildman–Crippen MR) is 37.0 cm³/mol. The Hall–Kier alpha value is -0.206. The van der Waals surface area contributed by atoms with Crippen molar-refractivity contribution in [3.63, 3.8) is 0 Å². The molecule has 1 aromatic carbocycles. The van der Waals surface area contributed by atoms with Crippen LogP contribution >= 0.6 is 0 Å². The molecule has 3 heteroatoms. The van der Waals surface area contributed by atoms with Crippen LogP contribution in [0.2, 0.25) is 0 Å². The largest absolute Gasteiger partial charge is 0.521 e. The van der Waals surface area contributed by atoms with Crippen molar-refractivity contribution in [2.24, 2.45) is 0 Å². The molecule has 2 nitrogen and oxygen atoms in total. The minimum atomic E-state index is -0.931. The molecule has 0 unspecified atom stereocenters. The predicted octanol–water partition coefficient (Wildman–Crippen LogP) is 1.49. The first-order valence-electron chi connectivity index (χ1n) is 2.92. The van der Waals surface area contributed by atoms with Crippen LogP contribution < -0.4 is 0 Å². The van der Waals surface area contributed by atoms with Gasteiger partial charge < -0.3 is 9.90 Å². The number of hydrogen-bond donors (Lipinski definition) is 1. The molecule has 11 heavy (non-hydrogen) atoms. The summed E-state index contributed by atoms with van der Waals surface area (Å²) in [6.07, 6.45) is 0. The van der Waals surface area contributed by atoms with E-state index in [1.54, 1.807) is 12.1 Å². The van der Waals surface area contributed by atoms with E-state index >= 15 is 0 Å². The van der Waals surface area contributed by atoms with Gasteiger partial charge in [-0.25, -0.2) is 0 Å².